The zero-order valence-electron chi connectivity index (χ0n) is 10.1. The number of hydrazone groups is 1. The van der Waals surface area contributed by atoms with Crippen LogP contribution in [0, 0.1) is 0 Å². The summed E-state index contributed by atoms with van der Waals surface area (Å²) in [6.07, 6.45) is 2.95. The fraction of sp³-hybridized carbons (Fsp3) is 0.0769. The van der Waals surface area contributed by atoms with Gasteiger partial charge in [-0.25, -0.2) is 5.43 Å². The molecule has 0 unspecified atom stereocenters. The van der Waals surface area contributed by atoms with E-state index in [-0.39, 0.29) is 5.91 Å². The van der Waals surface area contributed by atoms with Crippen LogP contribution < -0.4 is 10.2 Å². The van der Waals surface area contributed by atoms with Gasteiger partial charge < -0.3 is 9.15 Å². The number of benzene rings is 1. The predicted octanol–water partition coefficient (Wildman–Crippen LogP) is 2.81. The number of furan rings is 1. The summed E-state index contributed by atoms with van der Waals surface area (Å²) in [5.74, 6) is 0.677. The van der Waals surface area contributed by atoms with Crippen LogP contribution in [0.5, 0.6) is 5.75 Å². The summed E-state index contributed by atoms with van der Waals surface area (Å²) in [5.41, 5.74) is 2.81. The van der Waals surface area contributed by atoms with Crippen molar-refractivity contribution < 1.29 is 13.9 Å². The first-order chi connectivity index (χ1) is 9.20. The molecule has 1 heterocycles. The molecule has 2 rings (SSSR count). The second-order valence-corrected chi connectivity index (χ2v) is 4.47. The van der Waals surface area contributed by atoms with E-state index in [0.29, 0.717) is 17.1 Å². The molecule has 19 heavy (non-hydrogen) atoms. The summed E-state index contributed by atoms with van der Waals surface area (Å²) in [7, 11) is 1.51. The average molecular weight is 323 g/mol. The number of carbonyl (C=O) groups is 1. The molecule has 6 heteroatoms. The molecule has 5 nitrogen and oxygen atoms in total. The van der Waals surface area contributed by atoms with Crippen molar-refractivity contribution in [2.45, 2.75) is 0 Å². The van der Waals surface area contributed by atoms with Gasteiger partial charge in [0.25, 0.3) is 5.91 Å². The fourth-order valence-electron chi connectivity index (χ4n) is 1.44. The number of amides is 1. The third kappa shape index (κ3) is 3.45. The van der Waals surface area contributed by atoms with Gasteiger partial charge in [0.05, 0.1) is 25.2 Å². The Kier molecular flexibility index (Phi) is 4.35. The van der Waals surface area contributed by atoms with Crippen molar-refractivity contribution in [1.29, 1.82) is 0 Å². The van der Waals surface area contributed by atoms with E-state index in [4.69, 9.17) is 9.15 Å². The van der Waals surface area contributed by atoms with Crippen LogP contribution in [0.3, 0.4) is 0 Å². The van der Waals surface area contributed by atoms with Crippen LogP contribution in [-0.2, 0) is 0 Å². The monoisotopic (exact) mass is 322 g/mol. The summed E-state index contributed by atoms with van der Waals surface area (Å²) in [4.78, 5) is 11.9. The van der Waals surface area contributed by atoms with Gasteiger partial charge in [-0.05, 0) is 30.3 Å². The first-order valence-corrected chi connectivity index (χ1v) is 6.20. The SMILES string of the molecule is COc1ccc(Br)cc1C(=O)N/N=C/c1ccco1. The fourth-order valence-corrected chi connectivity index (χ4v) is 1.80. The first-order valence-electron chi connectivity index (χ1n) is 5.41. The van der Waals surface area contributed by atoms with Crippen molar-refractivity contribution in [3.05, 3.63) is 52.4 Å². The zero-order valence-corrected chi connectivity index (χ0v) is 11.7. The van der Waals surface area contributed by atoms with Gasteiger partial charge in [-0.3, -0.25) is 4.79 Å². The Hall–Kier alpha value is -2.08. The van der Waals surface area contributed by atoms with Crippen LogP contribution in [0.15, 0.2) is 50.6 Å². The number of nitrogens with zero attached hydrogens (tertiary/aromatic N) is 1. The number of hydrogen-bond acceptors (Lipinski definition) is 4. The number of hydrogen-bond donors (Lipinski definition) is 1. The van der Waals surface area contributed by atoms with E-state index < -0.39 is 0 Å². The highest BCUT2D eigenvalue weighted by atomic mass is 79.9. The molecule has 0 atom stereocenters. The molecule has 1 aromatic heterocycles. The molecule has 0 aliphatic carbocycles. The molecule has 98 valence electrons. The molecule has 0 fully saturated rings. The lowest BCUT2D eigenvalue weighted by Gasteiger charge is -2.07. The Morgan fingerprint density at radius 3 is 3.00 bits per heavy atom. The summed E-state index contributed by atoms with van der Waals surface area (Å²) in [5, 5.41) is 3.81. The number of nitrogens with one attached hydrogen (secondary N) is 1. The van der Waals surface area contributed by atoms with Crippen molar-refractivity contribution in [3.8, 4) is 5.75 Å². The highest BCUT2D eigenvalue weighted by Crippen LogP contribution is 2.22. The Bertz CT molecular complexity index is 594. The van der Waals surface area contributed by atoms with Gasteiger partial charge in [0.15, 0.2) is 0 Å². The maximum absolute atomic E-state index is 11.9. The molecule has 1 N–H and O–H groups in total. The minimum atomic E-state index is -0.360. The summed E-state index contributed by atoms with van der Waals surface area (Å²) in [6.45, 7) is 0. The Balaban J connectivity index is 2.09. The second kappa shape index (κ2) is 6.19. The quantitative estimate of drug-likeness (QED) is 0.695. The third-order valence-corrected chi connectivity index (χ3v) is 2.80. The lowest BCUT2D eigenvalue weighted by Crippen LogP contribution is -2.18. The molecule has 0 aliphatic heterocycles. The molecule has 0 radical (unpaired) electrons. The Morgan fingerprint density at radius 1 is 1.47 bits per heavy atom. The van der Waals surface area contributed by atoms with E-state index in [1.54, 1.807) is 30.3 Å². The highest BCUT2D eigenvalue weighted by Gasteiger charge is 2.11. The number of carbonyl (C=O) groups excluding carboxylic acids is 1. The topological polar surface area (TPSA) is 63.8 Å². The number of halogens is 1. The van der Waals surface area contributed by atoms with Crippen molar-refractivity contribution in [3.63, 3.8) is 0 Å². The van der Waals surface area contributed by atoms with Crippen LogP contribution in [-0.4, -0.2) is 19.2 Å². The molecular weight excluding hydrogens is 312 g/mol. The minimum Gasteiger partial charge on any atom is -0.496 e. The average Bonchev–Trinajstić information content (AvgIpc) is 2.91. The predicted molar refractivity (Wildman–Crippen MR) is 74.5 cm³/mol. The summed E-state index contributed by atoms with van der Waals surface area (Å²) in [6, 6.07) is 8.63. The first kappa shape index (κ1) is 13.4. The van der Waals surface area contributed by atoms with Crippen LogP contribution in [0.25, 0.3) is 0 Å². The zero-order chi connectivity index (χ0) is 13.7. The van der Waals surface area contributed by atoms with Crippen LogP contribution in [0.1, 0.15) is 16.1 Å². The maximum atomic E-state index is 11.9. The molecular formula is C13H11BrN2O3. The van der Waals surface area contributed by atoms with Gasteiger partial charge in [-0.15, -0.1) is 0 Å². The van der Waals surface area contributed by atoms with E-state index in [1.807, 2.05) is 0 Å². The van der Waals surface area contributed by atoms with Gasteiger partial charge in [-0.1, -0.05) is 15.9 Å². The second-order valence-electron chi connectivity index (χ2n) is 3.56. The third-order valence-electron chi connectivity index (χ3n) is 2.31. The van der Waals surface area contributed by atoms with Crippen molar-refractivity contribution in [1.82, 2.24) is 5.43 Å². The van der Waals surface area contributed by atoms with Gasteiger partial charge in [0.1, 0.15) is 11.5 Å². The van der Waals surface area contributed by atoms with Gasteiger partial charge >= 0.3 is 0 Å². The molecule has 0 spiro atoms. The smallest absolute Gasteiger partial charge is 0.275 e. The Morgan fingerprint density at radius 2 is 2.32 bits per heavy atom. The minimum absolute atomic E-state index is 0.360. The van der Waals surface area contributed by atoms with E-state index in [1.165, 1.54) is 19.6 Å². The van der Waals surface area contributed by atoms with Crippen LogP contribution in [0.2, 0.25) is 0 Å². The summed E-state index contributed by atoms with van der Waals surface area (Å²) >= 11 is 3.30. The lowest BCUT2D eigenvalue weighted by molar-refractivity contribution is 0.0952. The molecule has 2 aromatic rings. The Labute approximate surface area is 118 Å². The van der Waals surface area contributed by atoms with Gasteiger partial charge in [-0.2, -0.15) is 5.10 Å². The van der Waals surface area contributed by atoms with Crippen LogP contribution >= 0.6 is 15.9 Å². The molecule has 1 aromatic carbocycles. The molecule has 0 saturated carbocycles. The highest BCUT2D eigenvalue weighted by molar-refractivity contribution is 9.10. The van der Waals surface area contributed by atoms with Crippen molar-refractivity contribution in [2.24, 2.45) is 5.10 Å². The molecule has 0 bridgehead atoms. The van der Waals surface area contributed by atoms with E-state index in [0.717, 1.165) is 4.47 Å². The number of rotatable bonds is 4. The molecule has 0 aliphatic rings. The van der Waals surface area contributed by atoms with E-state index in [9.17, 15) is 4.79 Å². The standard InChI is InChI=1S/C13H11BrN2O3/c1-18-12-5-4-9(14)7-11(12)13(17)16-15-8-10-3-2-6-19-10/h2-8H,1H3,(H,16,17)/b15-8+. The number of methoxy groups -OCH3 is 1. The van der Waals surface area contributed by atoms with E-state index >= 15 is 0 Å². The van der Waals surface area contributed by atoms with Crippen molar-refractivity contribution >= 4 is 28.1 Å². The van der Waals surface area contributed by atoms with Crippen molar-refractivity contribution in [2.75, 3.05) is 7.11 Å². The van der Waals surface area contributed by atoms with Gasteiger partial charge in [0.2, 0.25) is 0 Å². The van der Waals surface area contributed by atoms with Gasteiger partial charge in [0, 0.05) is 4.47 Å². The number of ether oxygens (including phenoxy) is 1. The van der Waals surface area contributed by atoms with E-state index in [2.05, 4.69) is 26.5 Å². The molecule has 1 amide bonds. The maximum Gasteiger partial charge on any atom is 0.275 e. The normalized spacial score (nSPS) is 10.6. The molecule has 0 saturated heterocycles. The largest absolute Gasteiger partial charge is 0.496 e. The summed E-state index contributed by atoms with van der Waals surface area (Å²) < 4.78 is 11.0. The lowest BCUT2D eigenvalue weighted by atomic mass is 10.2. The van der Waals surface area contributed by atoms with Crippen LogP contribution in [0.4, 0.5) is 0 Å².